The minimum absolute atomic E-state index is 0.160. The SMILES string of the molecule is CCC/C=C\C/C=C\CCCCCCCC(=O)OC(CO)COP(=O)(O)OCC(COC(=O)CCCCCCC/C=C\C/C=C\CCCCC)OC(=O)CCCCCCCCCCC/C=C\CCCCCCCC. The van der Waals surface area contributed by atoms with E-state index in [0.717, 1.165) is 109 Å². The van der Waals surface area contributed by atoms with Gasteiger partial charge in [0.25, 0.3) is 0 Å². The summed E-state index contributed by atoms with van der Waals surface area (Å²) < 4.78 is 39.6. The molecule has 74 heavy (non-hydrogen) atoms. The van der Waals surface area contributed by atoms with Crippen LogP contribution in [0.2, 0.25) is 0 Å². The zero-order chi connectivity index (χ0) is 54.1. The Kier molecular flexibility index (Phi) is 54.2. The number of unbranched alkanes of at least 4 members (excludes halogenated alkanes) is 29. The molecule has 0 saturated carbocycles. The van der Waals surface area contributed by atoms with E-state index >= 15 is 0 Å². The average Bonchev–Trinajstić information content (AvgIpc) is 3.39. The Balaban J connectivity index is 4.73. The lowest BCUT2D eigenvalue weighted by Crippen LogP contribution is -2.30. The molecule has 0 aliphatic rings. The van der Waals surface area contributed by atoms with E-state index in [9.17, 15) is 28.9 Å². The molecule has 0 amide bonds. The number of hydrogen-bond donors (Lipinski definition) is 2. The molecule has 2 N–H and O–H groups in total. The monoisotopic (exact) mass is 1060 g/mol. The van der Waals surface area contributed by atoms with Crippen molar-refractivity contribution in [3.63, 3.8) is 0 Å². The molecule has 0 rings (SSSR count). The highest BCUT2D eigenvalue weighted by atomic mass is 31.2. The molecule has 0 fully saturated rings. The van der Waals surface area contributed by atoms with Crippen LogP contribution in [0.25, 0.3) is 0 Å². The van der Waals surface area contributed by atoms with E-state index in [2.05, 4.69) is 81.5 Å². The van der Waals surface area contributed by atoms with Gasteiger partial charge in [-0.1, -0.05) is 216 Å². The van der Waals surface area contributed by atoms with E-state index < -0.39 is 57.8 Å². The lowest BCUT2D eigenvalue weighted by Gasteiger charge is -2.21. The standard InChI is InChI=1S/C62H111O11P/c1-4-7-10-13-16-19-22-25-27-28-29-30-32-35-38-41-44-47-50-53-62(66)73-59(55-69-60(64)51-48-45-42-39-36-34-31-26-23-20-17-14-11-8-5-2)57-71-74(67,68)70-56-58(54-63)72-61(65)52-49-46-43-40-37-33-24-21-18-15-12-9-6-3/h12,15,17,20-21,24-27,31,58-59,63H,4-11,13-14,16,18-19,22-23,28-30,32-57H2,1-3H3,(H,67,68)/b15-12-,20-17-,24-21-,27-25-,31-26-. The number of allylic oxidation sites excluding steroid dienone is 10. The second kappa shape index (κ2) is 56.4. The largest absolute Gasteiger partial charge is 0.472 e. The molecule has 0 aromatic heterocycles. The fourth-order valence-corrected chi connectivity index (χ4v) is 9.03. The summed E-state index contributed by atoms with van der Waals surface area (Å²) in [6.07, 6.45) is 61.7. The zero-order valence-corrected chi connectivity index (χ0v) is 48.5. The van der Waals surface area contributed by atoms with Gasteiger partial charge in [0.1, 0.15) is 12.7 Å². The molecule has 0 spiro atoms. The van der Waals surface area contributed by atoms with Gasteiger partial charge in [-0.3, -0.25) is 23.4 Å². The van der Waals surface area contributed by atoms with E-state index in [-0.39, 0.29) is 25.9 Å². The Morgan fingerprint density at radius 1 is 0.378 bits per heavy atom. The van der Waals surface area contributed by atoms with Gasteiger partial charge in [0.15, 0.2) is 6.10 Å². The number of carbonyl (C=O) groups excluding carboxylic acids is 3. The summed E-state index contributed by atoms with van der Waals surface area (Å²) in [7, 11) is -4.76. The molecule has 0 heterocycles. The van der Waals surface area contributed by atoms with Crippen LogP contribution in [0.3, 0.4) is 0 Å². The molecule has 0 bridgehead atoms. The van der Waals surface area contributed by atoms with Gasteiger partial charge < -0.3 is 24.2 Å². The van der Waals surface area contributed by atoms with E-state index in [0.29, 0.717) is 19.3 Å². The third-order valence-electron chi connectivity index (χ3n) is 12.9. The summed E-state index contributed by atoms with van der Waals surface area (Å²) in [5.74, 6) is -1.49. The summed E-state index contributed by atoms with van der Waals surface area (Å²) in [6.45, 7) is 4.54. The first-order valence-corrected chi connectivity index (χ1v) is 31.7. The minimum atomic E-state index is -4.76. The second-order valence-corrected chi connectivity index (χ2v) is 21.6. The highest BCUT2D eigenvalue weighted by Crippen LogP contribution is 2.43. The molecule has 0 aliphatic heterocycles. The number of aliphatic hydroxyl groups is 1. The Morgan fingerprint density at radius 3 is 1.09 bits per heavy atom. The molecule has 0 aliphatic carbocycles. The van der Waals surface area contributed by atoms with Crippen molar-refractivity contribution in [1.82, 2.24) is 0 Å². The van der Waals surface area contributed by atoms with E-state index in [1.807, 2.05) is 0 Å². The van der Waals surface area contributed by atoms with Crippen molar-refractivity contribution in [2.75, 3.05) is 26.4 Å². The van der Waals surface area contributed by atoms with Gasteiger partial charge in [0.2, 0.25) is 0 Å². The van der Waals surface area contributed by atoms with Crippen molar-refractivity contribution in [2.24, 2.45) is 0 Å². The average molecular weight is 1060 g/mol. The number of phosphoric ester groups is 1. The van der Waals surface area contributed by atoms with Gasteiger partial charge in [0.05, 0.1) is 19.8 Å². The molecule has 0 aromatic carbocycles. The summed E-state index contributed by atoms with van der Waals surface area (Å²) in [6, 6.07) is 0. The van der Waals surface area contributed by atoms with Gasteiger partial charge in [-0.2, -0.15) is 0 Å². The molecule has 0 saturated heterocycles. The predicted molar refractivity (Wildman–Crippen MR) is 307 cm³/mol. The first-order chi connectivity index (χ1) is 36.2. The molecule has 3 atom stereocenters. The number of phosphoric acid groups is 1. The second-order valence-electron chi connectivity index (χ2n) is 20.2. The van der Waals surface area contributed by atoms with Crippen molar-refractivity contribution in [2.45, 2.75) is 290 Å². The predicted octanol–water partition coefficient (Wildman–Crippen LogP) is 17.9. The lowest BCUT2D eigenvalue weighted by atomic mass is 10.1. The van der Waals surface area contributed by atoms with E-state index in [1.54, 1.807) is 0 Å². The van der Waals surface area contributed by atoms with Gasteiger partial charge in [-0.05, 0) is 103 Å². The van der Waals surface area contributed by atoms with Crippen LogP contribution in [0.4, 0.5) is 0 Å². The Morgan fingerprint density at radius 2 is 0.689 bits per heavy atom. The molecule has 430 valence electrons. The number of esters is 3. The van der Waals surface area contributed by atoms with Gasteiger partial charge >= 0.3 is 25.7 Å². The normalized spacial score (nSPS) is 13.7. The number of rotatable bonds is 56. The molecule has 0 radical (unpaired) electrons. The molecule has 11 nitrogen and oxygen atoms in total. The number of carbonyl (C=O) groups is 3. The number of hydrogen-bond acceptors (Lipinski definition) is 10. The van der Waals surface area contributed by atoms with Crippen molar-refractivity contribution in [3.05, 3.63) is 60.8 Å². The Bertz CT molecular complexity index is 1470. The Hall–Kier alpha value is -2.82. The Labute approximate surface area is 453 Å². The maximum atomic E-state index is 12.9. The van der Waals surface area contributed by atoms with Crippen LogP contribution in [0, 0.1) is 0 Å². The first kappa shape index (κ1) is 71.2. The molecular formula is C62H111O11P. The molecular weight excluding hydrogens is 952 g/mol. The molecule has 0 aromatic rings. The third kappa shape index (κ3) is 54.0. The lowest BCUT2D eigenvalue weighted by molar-refractivity contribution is -0.161. The van der Waals surface area contributed by atoms with Crippen molar-refractivity contribution >= 4 is 25.7 Å². The van der Waals surface area contributed by atoms with Crippen LogP contribution >= 0.6 is 7.82 Å². The summed E-state index contributed by atoms with van der Waals surface area (Å²) in [5, 5.41) is 9.81. The minimum Gasteiger partial charge on any atom is -0.462 e. The van der Waals surface area contributed by atoms with Crippen molar-refractivity contribution in [1.29, 1.82) is 0 Å². The number of ether oxygens (including phenoxy) is 3. The van der Waals surface area contributed by atoms with Crippen molar-refractivity contribution in [3.8, 4) is 0 Å². The molecule has 12 heteroatoms. The van der Waals surface area contributed by atoms with Crippen LogP contribution in [-0.4, -0.2) is 66.5 Å². The maximum Gasteiger partial charge on any atom is 0.472 e. The highest BCUT2D eigenvalue weighted by molar-refractivity contribution is 7.47. The highest BCUT2D eigenvalue weighted by Gasteiger charge is 2.28. The first-order valence-electron chi connectivity index (χ1n) is 30.2. The van der Waals surface area contributed by atoms with E-state index in [1.165, 1.54) is 109 Å². The summed E-state index contributed by atoms with van der Waals surface area (Å²) in [5.41, 5.74) is 0. The fraction of sp³-hybridized carbons (Fsp3) is 0.790. The van der Waals surface area contributed by atoms with Crippen LogP contribution in [-0.2, 0) is 42.2 Å². The van der Waals surface area contributed by atoms with Gasteiger partial charge in [0, 0.05) is 19.3 Å². The third-order valence-corrected chi connectivity index (χ3v) is 13.8. The zero-order valence-electron chi connectivity index (χ0n) is 47.6. The topological polar surface area (TPSA) is 155 Å². The van der Waals surface area contributed by atoms with Crippen LogP contribution in [0.1, 0.15) is 278 Å². The van der Waals surface area contributed by atoms with Crippen LogP contribution < -0.4 is 0 Å². The summed E-state index contributed by atoms with van der Waals surface area (Å²) in [4.78, 5) is 48.6. The fourth-order valence-electron chi connectivity index (χ4n) is 8.24. The van der Waals surface area contributed by atoms with E-state index in [4.69, 9.17) is 23.3 Å². The summed E-state index contributed by atoms with van der Waals surface area (Å²) >= 11 is 0. The van der Waals surface area contributed by atoms with Gasteiger partial charge in [-0.15, -0.1) is 0 Å². The van der Waals surface area contributed by atoms with Gasteiger partial charge in [-0.25, -0.2) is 4.57 Å². The van der Waals surface area contributed by atoms with Crippen molar-refractivity contribution < 1.29 is 52.2 Å². The smallest absolute Gasteiger partial charge is 0.462 e. The van der Waals surface area contributed by atoms with Crippen LogP contribution in [0.15, 0.2) is 60.8 Å². The van der Waals surface area contributed by atoms with Crippen LogP contribution in [0.5, 0.6) is 0 Å². The maximum absolute atomic E-state index is 12.9. The number of aliphatic hydroxyl groups excluding tert-OH is 1. The quantitative estimate of drug-likeness (QED) is 0.0197. The molecule has 3 unspecified atom stereocenters.